The molecule has 0 unspecified atom stereocenters. The number of hydrogen-bond donors (Lipinski definition) is 1. The van der Waals surface area contributed by atoms with Crippen molar-refractivity contribution in [2.24, 2.45) is 0 Å². The maximum atomic E-state index is 12.4. The van der Waals surface area contributed by atoms with E-state index in [1.807, 2.05) is 6.92 Å². The Morgan fingerprint density at radius 3 is 1.96 bits per heavy atom. The van der Waals surface area contributed by atoms with Gasteiger partial charge in [0.25, 0.3) is 0 Å². The van der Waals surface area contributed by atoms with Crippen LogP contribution < -0.4 is 19.1 Å². The van der Waals surface area contributed by atoms with Crippen LogP contribution >= 0.6 is 0 Å². The second kappa shape index (κ2) is 9.25. The Morgan fingerprint density at radius 2 is 1.57 bits per heavy atom. The van der Waals surface area contributed by atoms with Gasteiger partial charge < -0.3 is 23.8 Å². The molecule has 0 aliphatic carbocycles. The molecule has 0 aliphatic rings. The largest absolute Gasteiger partial charge is 0.493 e. The van der Waals surface area contributed by atoms with E-state index in [2.05, 4.69) is 13.8 Å². The van der Waals surface area contributed by atoms with Gasteiger partial charge in [0.05, 0.1) is 40.0 Å². The van der Waals surface area contributed by atoms with E-state index in [-0.39, 0.29) is 6.10 Å². The SMILES string of the molecule is CC[NH+](CC)C[C@H](C)OC(=O)c1cc(OC)c(OC)c(OC)c1. The maximum absolute atomic E-state index is 12.4. The fourth-order valence-corrected chi connectivity index (χ4v) is 2.44. The third-order valence-corrected chi connectivity index (χ3v) is 3.78. The van der Waals surface area contributed by atoms with E-state index in [4.69, 9.17) is 18.9 Å². The lowest BCUT2D eigenvalue weighted by molar-refractivity contribution is -0.899. The van der Waals surface area contributed by atoms with Gasteiger partial charge in [-0.15, -0.1) is 0 Å². The third-order valence-electron chi connectivity index (χ3n) is 3.78. The molecule has 6 nitrogen and oxygen atoms in total. The van der Waals surface area contributed by atoms with E-state index < -0.39 is 5.97 Å². The lowest BCUT2D eigenvalue weighted by Crippen LogP contribution is -3.12. The van der Waals surface area contributed by atoms with Crippen LogP contribution in [0.15, 0.2) is 12.1 Å². The molecule has 6 heteroatoms. The summed E-state index contributed by atoms with van der Waals surface area (Å²) in [6, 6.07) is 3.20. The molecule has 0 aliphatic heterocycles. The summed E-state index contributed by atoms with van der Waals surface area (Å²) in [5, 5.41) is 0. The summed E-state index contributed by atoms with van der Waals surface area (Å²) in [7, 11) is 4.55. The van der Waals surface area contributed by atoms with Gasteiger partial charge in [-0.25, -0.2) is 4.79 Å². The molecule has 0 amide bonds. The normalized spacial score (nSPS) is 12.0. The number of nitrogens with one attached hydrogen (secondary N) is 1. The van der Waals surface area contributed by atoms with Gasteiger partial charge in [-0.05, 0) is 32.9 Å². The smallest absolute Gasteiger partial charge is 0.338 e. The monoisotopic (exact) mass is 326 g/mol. The van der Waals surface area contributed by atoms with E-state index in [1.54, 1.807) is 12.1 Å². The minimum absolute atomic E-state index is 0.170. The number of rotatable bonds is 9. The second-order valence-corrected chi connectivity index (χ2v) is 5.29. The van der Waals surface area contributed by atoms with Crippen molar-refractivity contribution in [2.45, 2.75) is 26.9 Å². The minimum Gasteiger partial charge on any atom is -0.493 e. The van der Waals surface area contributed by atoms with Crippen LogP contribution in [-0.4, -0.2) is 53.0 Å². The zero-order valence-electron chi connectivity index (χ0n) is 14.9. The molecule has 0 fully saturated rings. The van der Waals surface area contributed by atoms with Crippen LogP contribution in [0.4, 0.5) is 0 Å². The van der Waals surface area contributed by atoms with Crippen molar-refractivity contribution in [1.82, 2.24) is 0 Å². The Bertz CT molecular complexity index is 489. The average Bonchev–Trinajstić information content (AvgIpc) is 2.57. The second-order valence-electron chi connectivity index (χ2n) is 5.29. The first-order valence-electron chi connectivity index (χ1n) is 7.85. The Kier molecular flexibility index (Phi) is 7.68. The van der Waals surface area contributed by atoms with Crippen LogP contribution in [0, 0.1) is 0 Å². The van der Waals surface area contributed by atoms with Crippen molar-refractivity contribution in [3.63, 3.8) is 0 Å². The Labute approximate surface area is 138 Å². The summed E-state index contributed by atoms with van der Waals surface area (Å²) in [6.45, 7) is 8.93. The molecule has 0 spiro atoms. The number of quaternary nitrogens is 1. The van der Waals surface area contributed by atoms with Crippen molar-refractivity contribution in [1.29, 1.82) is 0 Å². The number of hydrogen-bond acceptors (Lipinski definition) is 5. The highest BCUT2D eigenvalue weighted by Gasteiger charge is 2.20. The van der Waals surface area contributed by atoms with E-state index in [9.17, 15) is 4.79 Å². The quantitative estimate of drug-likeness (QED) is 0.691. The zero-order chi connectivity index (χ0) is 17.4. The molecule has 0 heterocycles. The number of likely N-dealkylation sites (N-methyl/N-ethyl adjacent to an activating group) is 1. The van der Waals surface area contributed by atoms with Gasteiger partial charge in [-0.3, -0.25) is 0 Å². The molecule has 0 saturated carbocycles. The van der Waals surface area contributed by atoms with Gasteiger partial charge in [-0.2, -0.15) is 0 Å². The van der Waals surface area contributed by atoms with Crippen LogP contribution in [0.25, 0.3) is 0 Å². The molecule has 1 N–H and O–H groups in total. The lowest BCUT2D eigenvalue weighted by atomic mass is 10.2. The van der Waals surface area contributed by atoms with Gasteiger partial charge in [-0.1, -0.05) is 0 Å². The highest BCUT2D eigenvalue weighted by Crippen LogP contribution is 2.38. The van der Waals surface area contributed by atoms with Crippen LogP contribution in [-0.2, 0) is 4.74 Å². The van der Waals surface area contributed by atoms with Crippen molar-refractivity contribution >= 4 is 5.97 Å². The predicted octanol–water partition coefficient (Wildman–Crippen LogP) is 1.18. The minimum atomic E-state index is -0.400. The van der Waals surface area contributed by atoms with Crippen molar-refractivity contribution < 1.29 is 28.6 Å². The summed E-state index contributed by atoms with van der Waals surface area (Å²) >= 11 is 0. The molecule has 130 valence electrons. The topological polar surface area (TPSA) is 58.4 Å². The first-order chi connectivity index (χ1) is 11.0. The number of ether oxygens (including phenoxy) is 4. The summed E-state index contributed by atoms with van der Waals surface area (Å²) in [5.41, 5.74) is 0.376. The van der Waals surface area contributed by atoms with Crippen molar-refractivity contribution in [3.8, 4) is 17.2 Å². The first kappa shape index (κ1) is 19.1. The molecule has 0 radical (unpaired) electrons. The Hall–Kier alpha value is -1.95. The van der Waals surface area contributed by atoms with Crippen LogP contribution in [0.5, 0.6) is 17.2 Å². The van der Waals surface area contributed by atoms with E-state index in [0.29, 0.717) is 22.8 Å². The predicted molar refractivity (Wildman–Crippen MR) is 87.9 cm³/mol. The highest BCUT2D eigenvalue weighted by atomic mass is 16.5. The molecule has 0 bridgehead atoms. The van der Waals surface area contributed by atoms with E-state index >= 15 is 0 Å². The summed E-state index contributed by atoms with van der Waals surface area (Å²) < 4.78 is 21.3. The third kappa shape index (κ3) is 5.03. The summed E-state index contributed by atoms with van der Waals surface area (Å²) in [4.78, 5) is 13.8. The number of benzene rings is 1. The molecule has 23 heavy (non-hydrogen) atoms. The molecular weight excluding hydrogens is 298 g/mol. The van der Waals surface area contributed by atoms with Gasteiger partial charge in [0.1, 0.15) is 12.6 Å². The molecule has 0 saturated heterocycles. The average molecular weight is 326 g/mol. The fourth-order valence-electron chi connectivity index (χ4n) is 2.44. The Balaban J connectivity index is 2.91. The lowest BCUT2D eigenvalue weighted by Gasteiger charge is -2.20. The van der Waals surface area contributed by atoms with E-state index in [1.165, 1.54) is 26.2 Å². The number of esters is 1. The van der Waals surface area contributed by atoms with Gasteiger partial charge in [0.15, 0.2) is 11.5 Å². The zero-order valence-corrected chi connectivity index (χ0v) is 14.9. The van der Waals surface area contributed by atoms with Crippen LogP contribution in [0.1, 0.15) is 31.1 Å². The van der Waals surface area contributed by atoms with Gasteiger partial charge >= 0.3 is 5.97 Å². The van der Waals surface area contributed by atoms with Crippen LogP contribution in [0.3, 0.4) is 0 Å². The number of carbonyl (C=O) groups is 1. The molecule has 1 aromatic carbocycles. The number of methoxy groups -OCH3 is 3. The summed E-state index contributed by atoms with van der Waals surface area (Å²) in [5.74, 6) is 0.914. The van der Waals surface area contributed by atoms with Crippen molar-refractivity contribution in [3.05, 3.63) is 17.7 Å². The standard InChI is InChI=1S/C17H27NO5/c1-7-18(8-2)11-12(3)23-17(19)13-9-14(20-4)16(22-6)15(10-13)21-5/h9-10,12H,7-8,11H2,1-6H3/p+1/t12-/m0/s1. The maximum Gasteiger partial charge on any atom is 0.338 e. The molecular formula is C17H28NO5+. The highest BCUT2D eigenvalue weighted by molar-refractivity contribution is 5.91. The first-order valence-corrected chi connectivity index (χ1v) is 7.85. The number of carbonyl (C=O) groups excluding carboxylic acids is 1. The molecule has 1 aromatic rings. The van der Waals surface area contributed by atoms with Gasteiger partial charge in [0, 0.05) is 0 Å². The molecule has 0 aromatic heterocycles. The fraction of sp³-hybridized carbons (Fsp3) is 0.588. The van der Waals surface area contributed by atoms with Crippen LogP contribution in [0.2, 0.25) is 0 Å². The van der Waals surface area contributed by atoms with Gasteiger partial charge in [0.2, 0.25) is 5.75 Å². The van der Waals surface area contributed by atoms with E-state index in [0.717, 1.165) is 19.6 Å². The Morgan fingerprint density at radius 1 is 1.04 bits per heavy atom. The van der Waals surface area contributed by atoms with Crippen molar-refractivity contribution in [2.75, 3.05) is 41.0 Å². The summed E-state index contributed by atoms with van der Waals surface area (Å²) in [6.07, 6.45) is -0.170. The molecule has 1 rings (SSSR count). The molecule has 1 atom stereocenters.